The van der Waals surface area contributed by atoms with Crippen LogP contribution in [-0.2, 0) is 4.79 Å². The molecule has 6 nitrogen and oxygen atoms in total. The summed E-state index contributed by atoms with van der Waals surface area (Å²) >= 11 is 5.81. The number of amides is 1. The molecule has 1 N–H and O–H groups in total. The summed E-state index contributed by atoms with van der Waals surface area (Å²) in [6.45, 7) is 0. The summed E-state index contributed by atoms with van der Waals surface area (Å²) in [6, 6.07) is 3.28. The molecule has 0 saturated carbocycles. The molecular weight excluding hydrogens is 230 g/mol. The van der Waals surface area contributed by atoms with Crippen LogP contribution in [-0.4, -0.2) is 25.7 Å². The van der Waals surface area contributed by atoms with Crippen molar-refractivity contribution < 1.29 is 4.79 Å². The van der Waals surface area contributed by atoms with E-state index in [1.165, 1.54) is 0 Å². The number of hydrogen-bond acceptors (Lipinski definition) is 4. The number of aromatic nitrogens is 4. The average molecular weight is 238 g/mol. The van der Waals surface area contributed by atoms with Crippen LogP contribution in [0.2, 0.25) is 5.15 Å². The van der Waals surface area contributed by atoms with E-state index in [1.54, 1.807) is 16.6 Å². The largest absolute Gasteiger partial charge is 0.346 e. The Labute approximate surface area is 95.6 Å². The predicted molar refractivity (Wildman–Crippen MR) is 55.9 cm³/mol. The molecule has 1 aliphatic rings. The Balaban J connectivity index is 2.09. The molecule has 0 bridgehead atoms. The highest BCUT2D eigenvalue weighted by Crippen LogP contribution is 2.22. The lowest BCUT2D eigenvalue weighted by Gasteiger charge is -2.06. The zero-order chi connectivity index (χ0) is 11.1. The van der Waals surface area contributed by atoms with Gasteiger partial charge in [0.15, 0.2) is 11.5 Å². The fourth-order valence-electron chi connectivity index (χ4n) is 1.81. The molecular formula is C9H8ClN5O. The van der Waals surface area contributed by atoms with Gasteiger partial charge in [0, 0.05) is 6.42 Å². The van der Waals surface area contributed by atoms with Crippen LogP contribution in [0.15, 0.2) is 12.1 Å². The van der Waals surface area contributed by atoms with Gasteiger partial charge in [-0.05, 0) is 18.6 Å². The second kappa shape index (κ2) is 3.41. The quantitative estimate of drug-likeness (QED) is 0.794. The lowest BCUT2D eigenvalue weighted by molar-refractivity contribution is -0.119. The number of hydrogen-bond donors (Lipinski definition) is 1. The van der Waals surface area contributed by atoms with E-state index < -0.39 is 0 Å². The lowest BCUT2D eigenvalue weighted by atomic mass is 10.2. The second-order valence-electron chi connectivity index (χ2n) is 3.64. The SMILES string of the molecule is O=C1CCC(c2nnc3ccc(Cl)nn23)N1. The molecule has 1 unspecified atom stereocenters. The topological polar surface area (TPSA) is 72.2 Å². The van der Waals surface area contributed by atoms with Crippen LogP contribution in [0.5, 0.6) is 0 Å². The lowest BCUT2D eigenvalue weighted by Crippen LogP contribution is -2.20. The molecule has 2 aromatic heterocycles. The van der Waals surface area contributed by atoms with Gasteiger partial charge >= 0.3 is 0 Å². The number of nitrogens with one attached hydrogen (secondary N) is 1. The van der Waals surface area contributed by atoms with Crippen molar-refractivity contribution in [2.75, 3.05) is 0 Å². The van der Waals surface area contributed by atoms with E-state index in [4.69, 9.17) is 11.6 Å². The van der Waals surface area contributed by atoms with Crippen molar-refractivity contribution in [3.8, 4) is 0 Å². The van der Waals surface area contributed by atoms with Gasteiger partial charge in [0.2, 0.25) is 5.91 Å². The van der Waals surface area contributed by atoms with Crippen molar-refractivity contribution >= 4 is 23.2 Å². The van der Waals surface area contributed by atoms with Gasteiger partial charge in [-0.2, -0.15) is 9.61 Å². The van der Waals surface area contributed by atoms with Gasteiger partial charge in [0.25, 0.3) is 0 Å². The van der Waals surface area contributed by atoms with Gasteiger partial charge in [-0.25, -0.2) is 0 Å². The van der Waals surface area contributed by atoms with E-state index in [0.717, 1.165) is 0 Å². The molecule has 0 spiro atoms. The minimum atomic E-state index is -0.117. The molecule has 1 aliphatic heterocycles. The van der Waals surface area contributed by atoms with Crippen molar-refractivity contribution in [2.45, 2.75) is 18.9 Å². The van der Waals surface area contributed by atoms with Crippen LogP contribution in [0.25, 0.3) is 5.65 Å². The fraction of sp³-hybridized carbons (Fsp3) is 0.333. The highest BCUT2D eigenvalue weighted by atomic mass is 35.5. The summed E-state index contributed by atoms with van der Waals surface area (Å²) in [5.74, 6) is 0.659. The molecule has 2 aromatic rings. The van der Waals surface area contributed by atoms with Crippen LogP contribution in [0.4, 0.5) is 0 Å². The smallest absolute Gasteiger partial charge is 0.220 e. The van der Waals surface area contributed by atoms with E-state index in [-0.39, 0.29) is 11.9 Å². The van der Waals surface area contributed by atoms with Crippen LogP contribution < -0.4 is 5.32 Å². The minimum absolute atomic E-state index is 0.0313. The summed E-state index contributed by atoms with van der Waals surface area (Å²) in [4.78, 5) is 11.1. The monoisotopic (exact) mass is 237 g/mol. The molecule has 82 valence electrons. The first-order chi connectivity index (χ1) is 7.74. The normalized spacial score (nSPS) is 20.3. The van der Waals surface area contributed by atoms with Gasteiger partial charge < -0.3 is 5.32 Å². The Kier molecular flexibility index (Phi) is 2.03. The Morgan fingerprint density at radius 3 is 3.06 bits per heavy atom. The fourth-order valence-corrected chi connectivity index (χ4v) is 1.95. The molecule has 1 saturated heterocycles. The number of fused-ring (bicyclic) bond motifs is 1. The highest BCUT2D eigenvalue weighted by molar-refractivity contribution is 6.29. The average Bonchev–Trinajstić information content (AvgIpc) is 2.83. The summed E-state index contributed by atoms with van der Waals surface area (Å²) in [5, 5.41) is 15.3. The van der Waals surface area contributed by atoms with Crippen molar-refractivity contribution in [3.05, 3.63) is 23.1 Å². The Morgan fingerprint density at radius 2 is 2.31 bits per heavy atom. The molecule has 3 heterocycles. The highest BCUT2D eigenvalue weighted by Gasteiger charge is 2.26. The maximum absolute atomic E-state index is 11.1. The van der Waals surface area contributed by atoms with Crippen molar-refractivity contribution in [1.29, 1.82) is 0 Å². The van der Waals surface area contributed by atoms with Crippen molar-refractivity contribution in [1.82, 2.24) is 25.1 Å². The van der Waals surface area contributed by atoms with Crippen LogP contribution in [0, 0.1) is 0 Å². The molecule has 0 radical (unpaired) electrons. The molecule has 3 rings (SSSR count). The molecule has 0 aromatic carbocycles. The molecule has 0 aliphatic carbocycles. The third-order valence-electron chi connectivity index (χ3n) is 2.56. The number of carbonyl (C=O) groups excluding carboxylic acids is 1. The first-order valence-corrected chi connectivity index (χ1v) is 5.29. The van der Waals surface area contributed by atoms with E-state index in [0.29, 0.717) is 29.5 Å². The van der Waals surface area contributed by atoms with Gasteiger partial charge in [-0.3, -0.25) is 4.79 Å². The molecule has 1 atom stereocenters. The van der Waals surface area contributed by atoms with E-state index >= 15 is 0 Å². The maximum Gasteiger partial charge on any atom is 0.220 e. The minimum Gasteiger partial charge on any atom is -0.346 e. The van der Waals surface area contributed by atoms with Crippen LogP contribution in [0.1, 0.15) is 24.7 Å². The standard InChI is InChI=1S/C9H8ClN5O/c10-6-2-3-7-12-13-9(15(7)14-6)5-1-4-8(16)11-5/h2-3,5H,1,4H2,(H,11,16). The van der Waals surface area contributed by atoms with Crippen LogP contribution in [0.3, 0.4) is 0 Å². The third kappa shape index (κ3) is 1.42. The van der Waals surface area contributed by atoms with Crippen LogP contribution >= 0.6 is 11.6 Å². The summed E-state index contributed by atoms with van der Waals surface area (Å²) in [5.41, 5.74) is 0.626. The van der Waals surface area contributed by atoms with E-state index in [9.17, 15) is 4.79 Å². The molecule has 1 amide bonds. The molecule has 16 heavy (non-hydrogen) atoms. The van der Waals surface area contributed by atoms with Gasteiger partial charge in [-0.15, -0.1) is 10.2 Å². The Bertz CT molecular complexity index is 566. The Hall–Kier alpha value is -1.69. The first-order valence-electron chi connectivity index (χ1n) is 4.91. The summed E-state index contributed by atoms with van der Waals surface area (Å²) < 4.78 is 1.57. The van der Waals surface area contributed by atoms with Gasteiger partial charge in [0.05, 0.1) is 6.04 Å². The van der Waals surface area contributed by atoms with Gasteiger partial charge in [-0.1, -0.05) is 11.6 Å². The van der Waals surface area contributed by atoms with Crippen molar-refractivity contribution in [3.63, 3.8) is 0 Å². The number of halogens is 1. The van der Waals surface area contributed by atoms with E-state index in [1.807, 2.05) is 0 Å². The summed E-state index contributed by atoms with van der Waals surface area (Å²) in [6.07, 6.45) is 1.23. The third-order valence-corrected chi connectivity index (χ3v) is 2.76. The van der Waals surface area contributed by atoms with Crippen molar-refractivity contribution in [2.24, 2.45) is 0 Å². The van der Waals surface area contributed by atoms with E-state index in [2.05, 4.69) is 20.6 Å². The molecule has 1 fully saturated rings. The number of rotatable bonds is 1. The first kappa shape index (κ1) is 9.53. The number of carbonyl (C=O) groups is 1. The van der Waals surface area contributed by atoms with Gasteiger partial charge in [0.1, 0.15) is 5.15 Å². The molecule has 7 heteroatoms. The Morgan fingerprint density at radius 1 is 1.44 bits per heavy atom. The zero-order valence-electron chi connectivity index (χ0n) is 8.22. The predicted octanol–water partition coefficient (Wildman–Crippen LogP) is 0.729. The number of nitrogens with zero attached hydrogens (tertiary/aromatic N) is 4. The maximum atomic E-state index is 11.1. The second-order valence-corrected chi connectivity index (χ2v) is 4.03. The summed E-state index contributed by atoms with van der Waals surface area (Å²) in [7, 11) is 0. The zero-order valence-corrected chi connectivity index (χ0v) is 8.98.